The van der Waals surface area contributed by atoms with Crippen LogP contribution in [-0.2, 0) is 16.6 Å². The van der Waals surface area contributed by atoms with Gasteiger partial charge in [0.2, 0.25) is 10.0 Å². The predicted molar refractivity (Wildman–Crippen MR) is 111 cm³/mol. The highest BCUT2D eigenvalue weighted by molar-refractivity contribution is 7.89. The van der Waals surface area contributed by atoms with Gasteiger partial charge in [-0.2, -0.15) is 4.31 Å². The number of rotatable bonds is 7. The van der Waals surface area contributed by atoms with E-state index in [0.29, 0.717) is 25.6 Å². The third-order valence-electron chi connectivity index (χ3n) is 5.19. The molecule has 0 spiro atoms. The summed E-state index contributed by atoms with van der Waals surface area (Å²) in [5.74, 6) is 1.21. The van der Waals surface area contributed by atoms with E-state index < -0.39 is 14.9 Å². The van der Waals surface area contributed by atoms with Crippen LogP contribution in [0, 0.1) is 16.0 Å². The van der Waals surface area contributed by atoms with E-state index in [4.69, 9.17) is 4.74 Å². The predicted octanol–water partition coefficient (Wildman–Crippen LogP) is 3.64. The first kappa shape index (κ1) is 21.1. The number of sulfonamides is 1. The van der Waals surface area contributed by atoms with Crippen molar-refractivity contribution in [1.29, 1.82) is 0 Å². The second-order valence-corrected chi connectivity index (χ2v) is 9.16. The Labute approximate surface area is 170 Å². The highest BCUT2D eigenvalue weighted by Gasteiger charge is 2.30. The maximum absolute atomic E-state index is 12.9. The van der Waals surface area contributed by atoms with Crippen molar-refractivity contribution in [2.24, 2.45) is 5.92 Å². The minimum absolute atomic E-state index is 0.0475. The molecule has 0 radical (unpaired) electrons. The minimum Gasteiger partial charge on any atom is -0.497 e. The lowest BCUT2D eigenvalue weighted by molar-refractivity contribution is -0.384. The topological polar surface area (TPSA) is 102 Å². The molecule has 29 heavy (non-hydrogen) atoms. The molecule has 0 saturated carbocycles. The van der Waals surface area contributed by atoms with E-state index in [1.54, 1.807) is 19.2 Å². The maximum atomic E-state index is 12.9. The Kier molecular flexibility index (Phi) is 6.39. The highest BCUT2D eigenvalue weighted by atomic mass is 32.2. The fourth-order valence-corrected chi connectivity index (χ4v) is 4.78. The summed E-state index contributed by atoms with van der Waals surface area (Å²) < 4.78 is 32.3. The summed E-state index contributed by atoms with van der Waals surface area (Å²) in [7, 11) is -2.17. The Morgan fingerprint density at radius 1 is 1.17 bits per heavy atom. The average molecular weight is 420 g/mol. The quantitative estimate of drug-likeness (QED) is 0.543. The van der Waals surface area contributed by atoms with Crippen molar-refractivity contribution in [3.05, 3.63) is 58.1 Å². The zero-order valence-electron chi connectivity index (χ0n) is 16.5. The molecular weight excluding hydrogens is 394 g/mol. The second kappa shape index (κ2) is 8.79. The average Bonchev–Trinajstić information content (AvgIpc) is 2.72. The van der Waals surface area contributed by atoms with E-state index in [9.17, 15) is 18.5 Å². The molecule has 0 bridgehead atoms. The van der Waals surface area contributed by atoms with Crippen LogP contribution in [0.1, 0.15) is 25.3 Å². The lowest BCUT2D eigenvalue weighted by Gasteiger charge is -2.29. The minimum atomic E-state index is -3.75. The summed E-state index contributed by atoms with van der Waals surface area (Å²) in [6, 6.07) is 11.4. The molecule has 1 aliphatic heterocycles. The van der Waals surface area contributed by atoms with E-state index in [0.717, 1.165) is 30.2 Å². The van der Waals surface area contributed by atoms with Crippen LogP contribution >= 0.6 is 0 Å². The molecule has 1 N–H and O–H groups in total. The molecule has 9 heteroatoms. The summed E-state index contributed by atoms with van der Waals surface area (Å²) in [5, 5.41) is 14.6. The van der Waals surface area contributed by atoms with Gasteiger partial charge in [-0.3, -0.25) is 10.1 Å². The number of methoxy groups -OCH3 is 1. The first-order chi connectivity index (χ1) is 13.8. The van der Waals surface area contributed by atoms with Gasteiger partial charge in [-0.1, -0.05) is 19.1 Å². The van der Waals surface area contributed by atoms with Gasteiger partial charge < -0.3 is 10.1 Å². The lowest BCUT2D eigenvalue weighted by Crippen LogP contribution is -2.37. The van der Waals surface area contributed by atoms with Crippen LogP contribution in [0.3, 0.4) is 0 Å². The third-order valence-corrected chi connectivity index (χ3v) is 7.08. The summed E-state index contributed by atoms with van der Waals surface area (Å²) in [5.41, 5.74) is 0.932. The molecule has 2 aromatic carbocycles. The van der Waals surface area contributed by atoms with Crippen LogP contribution in [0.15, 0.2) is 47.4 Å². The number of nitro groups is 1. The number of piperidine rings is 1. The van der Waals surface area contributed by atoms with Crippen LogP contribution < -0.4 is 10.1 Å². The van der Waals surface area contributed by atoms with Crippen LogP contribution in [0.5, 0.6) is 5.75 Å². The normalized spacial score (nSPS) is 15.8. The van der Waals surface area contributed by atoms with Gasteiger partial charge in [-0.15, -0.1) is 0 Å². The van der Waals surface area contributed by atoms with Crippen molar-refractivity contribution in [2.75, 3.05) is 25.5 Å². The molecule has 156 valence electrons. The summed E-state index contributed by atoms with van der Waals surface area (Å²) in [6.45, 7) is 3.34. The van der Waals surface area contributed by atoms with Crippen molar-refractivity contribution < 1.29 is 18.1 Å². The van der Waals surface area contributed by atoms with Gasteiger partial charge in [0, 0.05) is 25.7 Å². The molecule has 3 rings (SSSR count). The molecule has 0 unspecified atom stereocenters. The number of hydrogen-bond donors (Lipinski definition) is 1. The second-order valence-electron chi connectivity index (χ2n) is 7.22. The fourth-order valence-electron chi connectivity index (χ4n) is 3.29. The van der Waals surface area contributed by atoms with Gasteiger partial charge in [-0.05, 0) is 48.6 Å². The van der Waals surface area contributed by atoms with Crippen molar-refractivity contribution in [1.82, 2.24) is 4.31 Å². The summed E-state index contributed by atoms with van der Waals surface area (Å²) >= 11 is 0. The molecule has 1 aliphatic rings. The van der Waals surface area contributed by atoms with E-state index >= 15 is 0 Å². The smallest absolute Gasteiger partial charge is 0.293 e. The van der Waals surface area contributed by atoms with Gasteiger partial charge >= 0.3 is 0 Å². The Balaban J connectivity index is 1.80. The van der Waals surface area contributed by atoms with Crippen LogP contribution in [0.25, 0.3) is 0 Å². The molecule has 8 nitrogen and oxygen atoms in total. The summed E-state index contributed by atoms with van der Waals surface area (Å²) in [4.78, 5) is 10.9. The van der Waals surface area contributed by atoms with E-state index in [-0.39, 0.29) is 16.3 Å². The van der Waals surface area contributed by atoms with Crippen LogP contribution in [0.2, 0.25) is 0 Å². The molecular formula is C20H25N3O5S. The van der Waals surface area contributed by atoms with Gasteiger partial charge in [0.1, 0.15) is 11.4 Å². The van der Waals surface area contributed by atoms with E-state index in [1.807, 2.05) is 12.1 Å². The number of benzene rings is 2. The van der Waals surface area contributed by atoms with Gasteiger partial charge in [-0.25, -0.2) is 8.42 Å². The molecule has 0 atom stereocenters. The van der Waals surface area contributed by atoms with Gasteiger partial charge in [0.05, 0.1) is 16.9 Å². The Bertz CT molecular complexity index is 968. The molecule has 0 amide bonds. The maximum Gasteiger partial charge on any atom is 0.293 e. The highest BCUT2D eigenvalue weighted by Crippen LogP contribution is 2.31. The molecule has 1 heterocycles. The summed E-state index contributed by atoms with van der Waals surface area (Å²) in [6.07, 6.45) is 1.59. The number of nitrogens with one attached hydrogen (secondary N) is 1. The lowest BCUT2D eigenvalue weighted by atomic mass is 10.0. The first-order valence-corrected chi connectivity index (χ1v) is 10.9. The third kappa shape index (κ3) is 4.86. The molecule has 2 aromatic rings. The van der Waals surface area contributed by atoms with Gasteiger partial charge in [0.25, 0.3) is 5.69 Å². The fraction of sp³-hybridized carbons (Fsp3) is 0.400. The van der Waals surface area contributed by atoms with E-state index in [2.05, 4.69) is 12.2 Å². The number of hydrogen-bond acceptors (Lipinski definition) is 6. The standard InChI is InChI=1S/C20H25N3O5S/c1-15-9-11-22(12-10-15)29(26,27)18-7-8-19(20(13-18)23(24)25)21-14-16-3-5-17(28-2)6-4-16/h3-8,13,15,21H,9-12,14H2,1-2H3. The van der Waals surface area contributed by atoms with Gasteiger partial charge in [0.15, 0.2) is 0 Å². The van der Waals surface area contributed by atoms with Crippen molar-refractivity contribution in [2.45, 2.75) is 31.2 Å². The Morgan fingerprint density at radius 3 is 2.41 bits per heavy atom. The first-order valence-electron chi connectivity index (χ1n) is 9.46. The monoisotopic (exact) mass is 419 g/mol. The Hall–Kier alpha value is -2.65. The number of ether oxygens (including phenoxy) is 1. The van der Waals surface area contributed by atoms with Crippen molar-refractivity contribution >= 4 is 21.4 Å². The zero-order chi connectivity index (χ0) is 21.0. The van der Waals surface area contributed by atoms with E-state index in [1.165, 1.54) is 16.4 Å². The SMILES string of the molecule is COc1ccc(CNc2ccc(S(=O)(=O)N3CCC(C)CC3)cc2[N+](=O)[O-])cc1. The molecule has 0 aromatic heterocycles. The van der Waals surface area contributed by atoms with Crippen molar-refractivity contribution in [3.63, 3.8) is 0 Å². The largest absolute Gasteiger partial charge is 0.497 e. The molecule has 1 fully saturated rings. The number of nitrogens with zero attached hydrogens (tertiary/aromatic N) is 2. The van der Waals surface area contributed by atoms with Crippen LogP contribution in [0.4, 0.5) is 11.4 Å². The molecule has 1 saturated heterocycles. The molecule has 0 aliphatic carbocycles. The number of nitro benzene ring substituents is 1. The Morgan fingerprint density at radius 2 is 1.83 bits per heavy atom. The van der Waals surface area contributed by atoms with Crippen molar-refractivity contribution in [3.8, 4) is 5.75 Å². The number of anilines is 1. The zero-order valence-corrected chi connectivity index (χ0v) is 17.3. The van der Waals surface area contributed by atoms with Crippen LogP contribution in [-0.4, -0.2) is 37.8 Å².